The number of anilines is 2. The molecule has 5 heteroatoms. The fourth-order valence-corrected chi connectivity index (χ4v) is 1.23. The molecule has 0 aliphatic rings. The second kappa shape index (κ2) is 3.79. The lowest BCUT2D eigenvalue weighted by Gasteiger charge is -2.26. The van der Waals surface area contributed by atoms with Gasteiger partial charge in [-0.05, 0) is 13.8 Å². The summed E-state index contributed by atoms with van der Waals surface area (Å²) in [6.07, 6.45) is 1.41. The molecule has 0 amide bonds. The number of nitrogen functional groups attached to an aromatic ring is 1. The van der Waals surface area contributed by atoms with Crippen molar-refractivity contribution in [2.24, 2.45) is 0 Å². The summed E-state index contributed by atoms with van der Waals surface area (Å²) < 4.78 is 0. The molecule has 5 nitrogen and oxygen atoms in total. The number of hydrogen-bond donors (Lipinski definition) is 2. The summed E-state index contributed by atoms with van der Waals surface area (Å²) in [6, 6.07) is 1.67. The monoisotopic (exact) mass is 196 g/mol. The van der Waals surface area contributed by atoms with E-state index in [-0.39, 0.29) is 0 Å². The third-order valence-corrected chi connectivity index (χ3v) is 1.69. The van der Waals surface area contributed by atoms with Gasteiger partial charge in [0.05, 0.1) is 5.60 Å². The number of rotatable bonds is 3. The van der Waals surface area contributed by atoms with Crippen molar-refractivity contribution in [3.8, 4) is 0 Å². The Hall–Kier alpha value is -1.36. The maximum Gasteiger partial charge on any atom is 0.133 e. The molecule has 0 radical (unpaired) electrons. The zero-order valence-corrected chi connectivity index (χ0v) is 8.73. The number of aliphatic hydroxyl groups is 1. The summed E-state index contributed by atoms with van der Waals surface area (Å²) >= 11 is 0. The van der Waals surface area contributed by atoms with Gasteiger partial charge in [0.1, 0.15) is 18.0 Å². The summed E-state index contributed by atoms with van der Waals surface area (Å²) in [4.78, 5) is 9.67. The van der Waals surface area contributed by atoms with Gasteiger partial charge in [0.15, 0.2) is 0 Å². The zero-order chi connectivity index (χ0) is 10.8. The van der Waals surface area contributed by atoms with Gasteiger partial charge < -0.3 is 15.7 Å². The van der Waals surface area contributed by atoms with Gasteiger partial charge in [0.2, 0.25) is 0 Å². The third-order valence-electron chi connectivity index (χ3n) is 1.69. The second-order valence-electron chi connectivity index (χ2n) is 3.97. The van der Waals surface area contributed by atoms with E-state index in [1.807, 2.05) is 11.9 Å². The lowest BCUT2D eigenvalue weighted by Crippen LogP contribution is -2.36. The molecule has 0 aliphatic heterocycles. The Morgan fingerprint density at radius 2 is 2.14 bits per heavy atom. The van der Waals surface area contributed by atoms with Gasteiger partial charge in [-0.3, -0.25) is 0 Å². The van der Waals surface area contributed by atoms with E-state index in [1.54, 1.807) is 19.9 Å². The second-order valence-corrected chi connectivity index (χ2v) is 3.97. The first-order chi connectivity index (χ1) is 6.38. The average Bonchev–Trinajstić information content (AvgIpc) is 2.01. The lowest BCUT2D eigenvalue weighted by atomic mass is 10.1. The molecule has 1 aromatic heterocycles. The van der Waals surface area contributed by atoms with Crippen LogP contribution in [0.25, 0.3) is 0 Å². The van der Waals surface area contributed by atoms with E-state index >= 15 is 0 Å². The van der Waals surface area contributed by atoms with Crippen molar-refractivity contribution in [3.63, 3.8) is 0 Å². The quantitative estimate of drug-likeness (QED) is 0.725. The summed E-state index contributed by atoms with van der Waals surface area (Å²) in [5.74, 6) is 1.14. The number of aromatic nitrogens is 2. The zero-order valence-electron chi connectivity index (χ0n) is 8.73. The van der Waals surface area contributed by atoms with Crippen LogP contribution in [0, 0.1) is 0 Å². The van der Waals surface area contributed by atoms with Crippen LogP contribution in [0.15, 0.2) is 12.4 Å². The van der Waals surface area contributed by atoms with Crippen molar-refractivity contribution in [1.29, 1.82) is 0 Å². The van der Waals surface area contributed by atoms with Crippen LogP contribution in [0.1, 0.15) is 13.8 Å². The first kappa shape index (κ1) is 10.7. The largest absolute Gasteiger partial charge is 0.389 e. The SMILES string of the molecule is CN(CC(C)(C)O)c1cc(N)ncn1. The molecular formula is C9H16N4O. The minimum absolute atomic E-state index is 0.428. The molecule has 1 rings (SSSR count). The van der Waals surface area contributed by atoms with E-state index in [2.05, 4.69) is 9.97 Å². The Labute approximate surface area is 83.6 Å². The Morgan fingerprint density at radius 3 is 2.64 bits per heavy atom. The van der Waals surface area contributed by atoms with Gasteiger partial charge in [-0.2, -0.15) is 0 Å². The van der Waals surface area contributed by atoms with E-state index in [9.17, 15) is 5.11 Å². The van der Waals surface area contributed by atoms with E-state index in [0.717, 1.165) is 0 Å². The van der Waals surface area contributed by atoms with Crippen molar-refractivity contribution in [2.75, 3.05) is 24.2 Å². The molecular weight excluding hydrogens is 180 g/mol. The van der Waals surface area contributed by atoms with Crippen LogP contribution in [-0.4, -0.2) is 34.3 Å². The Balaban J connectivity index is 2.74. The molecule has 1 aromatic rings. The molecule has 0 aliphatic carbocycles. The first-order valence-corrected chi connectivity index (χ1v) is 4.39. The van der Waals surface area contributed by atoms with Crippen LogP contribution in [0.2, 0.25) is 0 Å². The molecule has 14 heavy (non-hydrogen) atoms. The van der Waals surface area contributed by atoms with E-state index < -0.39 is 5.60 Å². The van der Waals surface area contributed by atoms with Crippen molar-refractivity contribution >= 4 is 11.6 Å². The molecule has 0 fully saturated rings. The standard InChI is InChI=1S/C9H16N4O/c1-9(2,14)5-13(3)8-4-7(10)11-6-12-8/h4,6,14H,5H2,1-3H3,(H2,10,11,12). The van der Waals surface area contributed by atoms with Crippen LogP contribution in [0.5, 0.6) is 0 Å². The molecule has 0 aromatic carbocycles. The van der Waals surface area contributed by atoms with Gasteiger partial charge in [-0.1, -0.05) is 0 Å². The Bertz CT molecular complexity index is 308. The number of hydrogen-bond acceptors (Lipinski definition) is 5. The molecule has 0 spiro atoms. The van der Waals surface area contributed by atoms with Crippen molar-refractivity contribution in [3.05, 3.63) is 12.4 Å². The van der Waals surface area contributed by atoms with E-state index in [1.165, 1.54) is 6.33 Å². The summed E-state index contributed by atoms with van der Waals surface area (Å²) in [6.45, 7) is 3.98. The normalized spacial score (nSPS) is 11.4. The van der Waals surface area contributed by atoms with Crippen LogP contribution in [0.3, 0.4) is 0 Å². The fourth-order valence-electron chi connectivity index (χ4n) is 1.23. The topological polar surface area (TPSA) is 75.3 Å². The predicted molar refractivity (Wildman–Crippen MR) is 56.0 cm³/mol. The van der Waals surface area contributed by atoms with Gasteiger partial charge in [0, 0.05) is 19.7 Å². The van der Waals surface area contributed by atoms with E-state index in [0.29, 0.717) is 18.2 Å². The lowest BCUT2D eigenvalue weighted by molar-refractivity contribution is 0.0884. The highest BCUT2D eigenvalue weighted by Crippen LogP contribution is 2.13. The van der Waals surface area contributed by atoms with Crippen LogP contribution >= 0.6 is 0 Å². The highest BCUT2D eigenvalue weighted by molar-refractivity contribution is 5.45. The average molecular weight is 196 g/mol. The fraction of sp³-hybridized carbons (Fsp3) is 0.556. The number of nitrogens with two attached hydrogens (primary N) is 1. The molecule has 78 valence electrons. The van der Waals surface area contributed by atoms with Crippen LogP contribution in [0.4, 0.5) is 11.6 Å². The molecule has 0 saturated carbocycles. The molecule has 0 saturated heterocycles. The van der Waals surface area contributed by atoms with E-state index in [4.69, 9.17) is 5.73 Å². The third kappa shape index (κ3) is 3.18. The number of nitrogens with zero attached hydrogens (tertiary/aromatic N) is 3. The van der Waals surface area contributed by atoms with Gasteiger partial charge in [0.25, 0.3) is 0 Å². The minimum atomic E-state index is -0.755. The summed E-state index contributed by atoms with van der Waals surface area (Å²) in [7, 11) is 1.85. The maximum atomic E-state index is 9.60. The van der Waals surface area contributed by atoms with Crippen LogP contribution in [-0.2, 0) is 0 Å². The van der Waals surface area contributed by atoms with Crippen molar-refractivity contribution < 1.29 is 5.11 Å². The van der Waals surface area contributed by atoms with Gasteiger partial charge >= 0.3 is 0 Å². The van der Waals surface area contributed by atoms with Crippen molar-refractivity contribution in [1.82, 2.24) is 9.97 Å². The predicted octanol–water partition coefficient (Wildman–Crippen LogP) is 0.266. The molecule has 0 unspecified atom stereocenters. The summed E-state index contributed by atoms with van der Waals surface area (Å²) in [5, 5.41) is 9.60. The minimum Gasteiger partial charge on any atom is -0.389 e. The molecule has 0 atom stereocenters. The van der Waals surface area contributed by atoms with Gasteiger partial charge in [-0.15, -0.1) is 0 Å². The Kier molecular flexibility index (Phi) is 2.90. The summed E-state index contributed by atoms with van der Waals surface area (Å²) in [5.41, 5.74) is 4.76. The highest BCUT2D eigenvalue weighted by atomic mass is 16.3. The molecule has 3 N–H and O–H groups in total. The number of likely N-dealkylation sites (N-methyl/N-ethyl adjacent to an activating group) is 1. The molecule has 1 heterocycles. The highest BCUT2D eigenvalue weighted by Gasteiger charge is 2.16. The van der Waals surface area contributed by atoms with Crippen molar-refractivity contribution in [2.45, 2.75) is 19.4 Å². The molecule has 0 bridgehead atoms. The Morgan fingerprint density at radius 1 is 1.50 bits per heavy atom. The van der Waals surface area contributed by atoms with Crippen LogP contribution < -0.4 is 10.6 Å². The maximum absolute atomic E-state index is 9.60. The van der Waals surface area contributed by atoms with Gasteiger partial charge in [-0.25, -0.2) is 9.97 Å². The smallest absolute Gasteiger partial charge is 0.133 e. The first-order valence-electron chi connectivity index (χ1n) is 4.39.